The van der Waals surface area contributed by atoms with Gasteiger partial charge in [-0.25, -0.2) is 0 Å². The van der Waals surface area contributed by atoms with E-state index in [9.17, 15) is 4.79 Å². The number of carbonyl (C=O) groups is 1. The summed E-state index contributed by atoms with van der Waals surface area (Å²) in [5, 5.41) is 2.16. The Morgan fingerprint density at radius 3 is 2.59 bits per heavy atom. The Hall–Kier alpha value is -3.18. The molecule has 0 aliphatic heterocycles. The third-order valence-electron chi connectivity index (χ3n) is 5.13. The molecule has 0 aliphatic carbocycles. The molecule has 2 aromatic heterocycles. The number of rotatable bonds is 4. The fraction of sp³-hybridized carbons (Fsp3) is 0.174. The van der Waals surface area contributed by atoms with Crippen LogP contribution in [0.3, 0.4) is 0 Å². The first-order chi connectivity index (χ1) is 13.8. The number of pyridine rings is 2. The molecule has 0 bridgehead atoms. The predicted molar refractivity (Wildman–Crippen MR) is 119 cm³/mol. The van der Waals surface area contributed by atoms with Gasteiger partial charge in [0.05, 0.1) is 11.0 Å². The number of nitrogens with two attached hydrogens (primary N) is 2. The molecule has 0 aliphatic rings. The van der Waals surface area contributed by atoms with Crippen LogP contribution in [0, 0.1) is 13.8 Å². The number of ketones is 1. The molecule has 4 rings (SSSR count). The quantitative estimate of drug-likeness (QED) is 0.519. The summed E-state index contributed by atoms with van der Waals surface area (Å²) in [6, 6.07) is 11.2. The van der Waals surface area contributed by atoms with E-state index in [1.165, 1.54) is 0 Å². The maximum Gasteiger partial charge on any atom is 0.141 e. The molecule has 2 aromatic carbocycles. The summed E-state index contributed by atoms with van der Waals surface area (Å²) >= 11 is 6.42. The third-order valence-corrected chi connectivity index (χ3v) is 5.48. The van der Waals surface area contributed by atoms with E-state index in [-0.39, 0.29) is 18.6 Å². The summed E-state index contributed by atoms with van der Waals surface area (Å²) in [5.74, 6) is 0.0397. The number of anilines is 2. The number of nitrogen functional groups attached to an aromatic ring is 2. The lowest BCUT2D eigenvalue weighted by Gasteiger charge is -2.11. The zero-order chi connectivity index (χ0) is 20.7. The smallest absolute Gasteiger partial charge is 0.141 e. The van der Waals surface area contributed by atoms with Crippen LogP contribution in [-0.4, -0.2) is 15.8 Å². The maximum absolute atomic E-state index is 12.9. The van der Waals surface area contributed by atoms with Crippen molar-refractivity contribution in [1.82, 2.24) is 9.97 Å². The SMILES string of the molecule is Cc1cc(N)c2c(CC(=O)Cc3cc4c(N)c(C)cnc4cc3Cl)cccc2n1. The zero-order valence-corrected chi connectivity index (χ0v) is 17.0. The summed E-state index contributed by atoms with van der Waals surface area (Å²) in [4.78, 5) is 21.8. The van der Waals surface area contributed by atoms with Crippen molar-refractivity contribution in [2.24, 2.45) is 0 Å². The normalized spacial score (nSPS) is 11.3. The Balaban J connectivity index is 1.67. The molecule has 0 saturated heterocycles. The molecule has 0 amide bonds. The van der Waals surface area contributed by atoms with Crippen molar-refractivity contribution < 1.29 is 4.79 Å². The summed E-state index contributed by atoms with van der Waals surface area (Å²) in [6.45, 7) is 3.81. The lowest BCUT2D eigenvalue weighted by molar-refractivity contribution is -0.117. The Labute approximate surface area is 173 Å². The number of hydrogen-bond donors (Lipinski definition) is 2. The van der Waals surface area contributed by atoms with Gasteiger partial charge in [-0.05, 0) is 54.8 Å². The second kappa shape index (κ2) is 7.33. The molecular weight excluding hydrogens is 384 g/mol. The molecule has 0 unspecified atom stereocenters. The van der Waals surface area contributed by atoms with E-state index < -0.39 is 0 Å². The first-order valence-electron chi connectivity index (χ1n) is 9.33. The van der Waals surface area contributed by atoms with Crippen LogP contribution >= 0.6 is 11.6 Å². The van der Waals surface area contributed by atoms with Crippen molar-refractivity contribution in [3.8, 4) is 0 Å². The van der Waals surface area contributed by atoms with Crippen LogP contribution in [0.4, 0.5) is 11.4 Å². The average Bonchev–Trinajstić information content (AvgIpc) is 2.65. The Bertz CT molecular complexity index is 1280. The molecule has 146 valence electrons. The van der Waals surface area contributed by atoms with E-state index in [0.717, 1.165) is 44.2 Å². The van der Waals surface area contributed by atoms with Gasteiger partial charge in [0.25, 0.3) is 0 Å². The van der Waals surface area contributed by atoms with Crippen molar-refractivity contribution in [2.75, 3.05) is 11.5 Å². The van der Waals surface area contributed by atoms with Crippen molar-refractivity contribution in [2.45, 2.75) is 26.7 Å². The largest absolute Gasteiger partial charge is 0.398 e. The van der Waals surface area contributed by atoms with Gasteiger partial charge in [0.15, 0.2) is 0 Å². The van der Waals surface area contributed by atoms with Gasteiger partial charge in [-0.2, -0.15) is 0 Å². The minimum absolute atomic E-state index is 0.0397. The van der Waals surface area contributed by atoms with E-state index in [1.54, 1.807) is 12.3 Å². The first-order valence-corrected chi connectivity index (χ1v) is 9.71. The highest BCUT2D eigenvalue weighted by Gasteiger charge is 2.14. The lowest BCUT2D eigenvalue weighted by atomic mass is 9.97. The number of benzene rings is 2. The number of aromatic nitrogens is 2. The van der Waals surface area contributed by atoms with Gasteiger partial charge in [-0.3, -0.25) is 14.8 Å². The number of hydrogen-bond acceptors (Lipinski definition) is 5. The molecule has 2 heterocycles. The van der Waals surface area contributed by atoms with Gasteiger partial charge in [-0.15, -0.1) is 0 Å². The number of nitrogens with zero attached hydrogens (tertiary/aromatic N) is 2. The minimum atomic E-state index is 0.0397. The number of Topliss-reactive ketones (excluding diaryl/α,β-unsaturated/α-hetero) is 1. The van der Waals surface area contributed by atoms with Crippen LogP contribution in [0.25, 0.3) is 21.8 Å². The molecule has 0 atom stereocenters. The van der Waals surface area contributed by atoms with E-state index in [4.69, 9.17) is 23.1 Å². The molecule has 4 N–H and O–H groups in total. The zero-order valence-electron chi connectivity index (χ0n) is 16.3. The first kappa shape index (κ1) is 19.2. The van der Waals surface area contributed by atoms with Crippen molar-refractivity contribution >= 4 is 50.6 Å². The van der Waals surface area contributed by atoms with Gasteiger partial charge < -0.3 is 11.5 Å². The van der Waals surface area contributed by atoms with Gasteiger partial charge in [0.2, 0.25) is 0 Å². The molecule has 4 aromatic rings. The Morgan fingerprint density at radius 2 is 1.79 bits per heavy atom. The second-order valence-electron chi connectivity index (χ2n) is 7.37. The highest BCUT2D eigenvalue weighted by Crippen LogP contribution is 2.30. The number of carbonyl (C=O) groups excluding carboxylic acids is 1. The van der Waals surface area contributed by atoms with E-state index in [0.29, 0.717) is 16.4 Å². The standard InChI is InChI=1S/C23H21ClN4O/c1-12-11-27-21-10-18(24)15(9-17(21)23(12)26)8-16(29)7-14-4-3-5-20-22(14)19(25)6-13(2)28-20/h3-6,9-11H,7-8H2,1-2H3,(H2,25,28)(H2,26,27). The summed E-state index contributed by atoms with van der Waals surface area (Å²) < 4.78 is 0. The molecule has 6 heteroatoms. The monoisotopic (exact) mass is 404 g/mol. The van der Waals surface area contributed by atoms with Crippen LogP contribution in [-0.2, 0) is 17.6 Å². The molecule has 0 fully saturated rings. The fourth-order valence-corrected chi connectivity index (χ4v) is 3.91. The van der Waals surface area contributed by atoms with E-state index in [2.05, 4.69) is 9.97 Å². The van der Waals surface area contributed by atoms with Gasteiger partial charge in [0, 0.05) is 51.9 Å². The topological polar surface area (TPSA) is 94.9 Å². The van der Waals surface area contributed by atoms with Crippen LogP contribution < -0.4 is 11.5 Å². The van der Waals surface area contributed by atoms with Crippen LogP contribution in [0.5, 0.6) is 0 Å². The van der Waals surface area contributed by atoms with E-state index >= 15 is 0 Å². The molecule has 0 spiro atoms. The van der Waals surface area contributed by atoms with Gasteiger partial charge >= 0.3 is 0 Å². The van der Waals surface area contributed by atoms with Crippen LogP contribution in [0.15, 0.2) is 42.6 Å². The molecule has 0 radical (unpaired) electrons. The van der Waals surface area contributed by atoms with Crippen LogP contribution in [0.2, 0.25) is 5.02 Å². The molecule has 29 heavy (non-hydrogen) atoms. The van der Waals surface area contributed by atoms with Crippen molar-refractivity contribution in [1.29, 1.82) is 0 Å². The number of halogens is 1. The van der Waals surface area contributed by atoms with Crippen molar-refractivity contribution in [3.05, 3.63) is 70.0 Å². The second-order valence-corrected chi connectivity index (χ2v) is 7.78. The molecule has 0 saturated carbocycles. The maximum atomic E-state index is 12.9. The number of aryl methyl sites for hydroxylation is 2. The van der Waals surface area contributed by atoms with E-state index in [1.807, 2.05) is 44.2 Å². The van der Waals surface area contributed by atoms with Gasteiger partial charge in [-0.1, -0.05) is 23.7 Å². The summed E-state index contributed by atoms with van der Waals surface area (Å²) in [6.07, 6.45) is 2.18. The molecular formula is C23H21ClN4O. The summed E-state index contributed by atoms with van der Waals surface area (Å²) in [5.41, 5.74) is 18.6. The number of fused-ring (bicyclic) bond motifs is 2. The Morgan fingerprint density at radius 1 is 1.03 bits per heavy atom. The summed E-state index contributed by atoms with van der Waals surface area (Å²) in [7, 11) is 0. The van der Waals surface area contributed by atoms with Crippen molar-refractivity contribution in [3.63, 3.8) is 0 Å². The third kappa shape index (κ3) is 3.61. The predicted octanol–water partition coefficient (Wildman–Crippen LogP) is 4.57. The van der Waals surface area contributed by atoms with Gasteiger partial charge in [0.1, 0.15) is 5.78 Å². The van der Waals surface area contributed by atoms with Crippen LogP contribution in [0.1, 0.15) is 22.4 Å². The highest BCUT2D eigenvalue weighted by atomic mass is 35.5. The molecule has 5 nitrogen and oxygen atoms in total. The fourth-order valence-electron chi connectivity index (χ4n) is 3.68. The minimum Gasteiger partial charge on any atom is -0.398 e. The highest BCUT2D eigenvalue weighted by molar-refractivity contribution is 6.32. The lowest BCUT2D eigenvalue weighted by Crippen LogP contribution is -2.08. The Kier molecular flexibility index (Phi) is 4.84. The average molecular weight is 405 g/mol.